The molecule has 0 aromatic heterocycles. The molecule has 1 aliphatic carbocycles. The predicted molar refractivity (Wildman–Crippen MR) is 48.4 cm³/mol. The normalized spacial score (nSPS) is 15.5. The van der Waals surface area contributed by atoms with Crippen molar-refractivity contribution in [3.8, 4) is 0 Å². The summed E-state index contributed by atoms with van der Waals surface area (Å²) in [4.78, 5) is 0. The molecular weight excluding hydrogens is 132 g/mol. The van der Waals surface area contributed by atoms with Gasteiger partial charge in [0.25, 0.3) is 0 Å². The lowest BCUT2D eigenvalue weighted by Gasteiger charge is -2.13. The average Bonchev–Trinajstić information content (AvgIpc) is 2.06. The fourth-order valence-electron chi connectivity index (χ4n) is 1.68. The van der Waals surface area contributed by atoms with E-state index >= 15 is 0 Å². The van der Waals surface area contributed by atoms with Gasteiger partial charge in [0, 0.05) is 0 Å². The third-order valence-corrected chi connectivity index (χ3v) is 2.31. The Hall–Kier alpha value is -1.04. The lowest BCUT2D eigenvalue weighted by molar-refractivity contribution is 0.975. The minimum atomic E-state index is 1.21. The zero-order valence-corrected chi connectivity index (χ0v) is 6.80. The number of fused-ring (bicyclic) bond motifs is 1. The van der Waals surface area contributed by atoms with Gasteiger partial charge in [-0.15, -0.1) is 0 Å². The summed E-state index contributed by atoms with van der Waals surface area (Å²) in [5.74, 6) is 0. The Morgan fingerprint density at radius 2 is 2.00 bits per heavy atom. The molecule has 0 N–H and O–H groups in total. The highest BCUT2D eigenvalue weighted by atomic mass is 14.1. The van der Waals surface area contributed by atoms with Gasteiger partial charge in [0.2, 0.25) is 0 Å². The summed E-state index contributed by atoms with van der Waals surface area (Å²) in [6, 6.07) is 8.67. The molecular formula is C11H12. The Labute approximate surface area is 67.6 Å². The molecule has 0 radical (unpaired) electrons. The van der Waals surface area contributed by atoms with E-state index in [0.717, 1.165) is 0 Å². The molecule has 0 heterocycles. The summed E-state index contributed by atoms with van der Waals surface area (Å²) in [5.41, 5.74) is 4.39. The first-order valence-electron chi connectivity index (χ1n) is 4.13. The highest BCUT2D eigenvalue weighted by Crippen LogP contribution is 2.24. The van der Waals surface area contributed by atoms with Gasteiger partial charge in [-0.3, -0.25) is 0 Å². The summed E-state index contributed by atoms with van der Waals surface area (Å²) in [6.07, 6.45) is 4.75. The van der Waals surface area contributed by atoms with Crippen LogP contribution in [-0.2, 0) is 6.42 Å². The van der Waals surface area contributed by atoms with Crippen molar-refractivity contribution < 1.29 is 0 Å². The van der Waals surface area contributed by atoms with Gasteiger partial charge in [-0.1, -0.05) is 30.3 Å². The third kappa shape index (κ3) is 1.09. The predicted octanol–water partition coefficient (Wildman–Crippen LogP) is 3.04. The van der Waals surface area contributed by atoms with Crippen LogP contribution in [0.1, 0.15) is 24.5 Å². The molecule has 0 fully saturated rings. The fraction of sp³-hybridized carbons (Fsp3) is 0.273. The first-order chi connectivity index (χ1) is 5.38. The molecule has 1 aliphatic rings. The quantitative estimate of drug-likeness (QED) is 0.525. The van der Waals surface area contributed by atoms with E-state index in [1.807, 2.05) is 0 Å². The average molecular weight is 144 g/mol. The van der Waals surface area contributed by atoms with Gasteiger partial charge in [-0.25, -0.2) is 0 Å². The molecule has 0 bridgehead atoms. The van der Waals surface area contributed by atoms with E-state index < -0.39 is 0 Å². The zero-order valence-electron chi connectivity index (χ0n) is 6.80. The van der Waals surface area contributed by atoms with Crippen LogP contribution >= 0.6 is 0 Å². The summed E-state index contributed by atoms with van der Waals surface area (Å²) in [5, 5.41) is 0. The van der Waals surface area contributed by atoms with E-state index in [-0.39, 0.29) is 0 Å². The van der Waals surface area contributed by atoms with E-state index in [1.54, 1.807) is 0 Å². The van der Waals surface area contributed by atoms with Crippen molar-refractivity contribution in [3.63, 3.8) is 0 Å². The highest BCUT2D eigenvalue weighted by Gasteiger charge is 2.06. The van der Waals surface area contributed by atoms with E-state index in [2.05, 4.69) is 37.3 Å². The Balaban J connectivity index is 2.56. The van der Waals surface area contributed by atoms with Gasteiger partial charge in [0.15, 0.2) is 0 Å². The van der Waals surface area contributed by atoms with Crippen LogP contribution < -0.4 is 0 Å². The van der Waals surface area contributed by atoms with Crippen molar-refractivity contribution in [1.82, 2.24) is 0 Å². The van der Waals surface area contributed by atoms with E-state index in [9.17, 15) is 0 Å². The van der Waals surface area contributed by atoms with Crippen LogP contribution in [0.5, 0.6) is 0 Å². The molecule has 0 spiro atoms. The summed E-state index contributed by atoms with van der Waals surface area (Å²) in [6.45, 7) is 2.19. The van der Waals surface area contributed by atoms with Crippen molar-refractivity contribution in [3.05, 3.63) is 41.5 Å². The molecule has 2 rings (SSSR count). The van der Waals surface area contributed by atoms with Gasteiger partial charge in [0.05, 0.1) is 0 Å². The number of aryl methyl sites for hydroxylation is 1. The van der Waals surface area contributed by atoms with Crippen molar-refractivity contribution in [2.24, 2.45) is 0 Å². The lowest BCUT2D eigenvalue weighted by atomic mass is 9.92. The molecule has 0 nitrogen and oxygen atoms in total. The smallest absolute Gasteiger partial charge is 0.0198 e. The van der Waals surface area contributed by atoms with E-state index in [0.29, 0.717) is 0 Å². The van der Waals surface area contributed by atoms with E-state index in [1.165, 1.54) is 29.5 Å². The molecule has 0 amide bonds. The number of hydrogen-bond acceptors (Lipinski definition) is 0. The molecule has 1 aromatic carbocycles. The maximum absolute atomic E-state index is 2.32. The molecule has 0 saturated heterocycles. The molecule has 0 aliphatic heterocycles. The second-order valence-corrected chi connectivity index (χ2v) is 3.08. The molecule has 0 unspecified atom stereocenters. The Morgan fingerprint density at radius 3 is 2.82 bits per heavy atom. The van der Waals surface area contributed by atoms with Gasteiger partial charge >= 0.3 is 0 Å². The van der Waals surface area contributed by atoms with Crippen LogP contribution in [0.4, 0.5) is 0 Å². The maximum Gasteiger partial charge on any atom is -0.0198 e. The maximum atomic E-state index is 2.32. The molecule has 56 valence electrons. The highest BCUT2D eigenvalue weighted by molar-refractivity contribution is 5.68. The second kappa shape index (κ2) is 2.54. The SMILES string of the molecule is CC1=CCCc2ccccc21. The lowest BCUT2D eigenvalue weighted by Crippen LogP contribution is -1.96. The molecule has 0 saturated carbocycles. The second-order valence-electron chi connectivity index (χ2n) is 3.08. The summed E-state index contributed by atoms with van der Waals surface area (Å²) < 4.78 is 0. The Kier molecular flexibility index (Phi) is 1.54. The van der Waals surface area contributed by atoms with Gasteiger partial charge < -0.3 is 0 Å². The fourth-order valence-corrected chi connectivity index (χ4v) is 1.68. The number of rotatable bonds is 0. The molecule has 11 heavy (non-hydrogen) atoms. The first kappa shape index (κ1) is 6.66. The minimum Gasteiger partial charge on any atom is -0.0807 e. The molecule has 0 heteroatoms. The van der Waals surface area contributed by atoms with Crippen LogP contribution in [0.25, 0.3) is 5.57 Å². The van der Waals surface area contributed by atoms with Crippen molar-refractivity contribution in [1.29, 1.82) is 0 Å². The van der Waals surface area contributed by atoms with Crippen molar-refractivity contribution in [2.75, 3.05) is 0 Å². The van der Waals surface area contributed by atoms with Crippen molar-refractivity contribution in [2.45, 2.75) is 19.8 Å². The molecule has 0 atom stereocenters. The Bertz CT molecular complexity index is 295. The minimum absolute atomic E-state index is 1.21. The number of allylic oxidation sites excluding steroid dienone is 2. The van der Waals surface area contributed by atoms with Crippen LogP contribution in [-0.4, -0.2) is 0 Å². The van der Waals surface area contributed by atoms with Crippen LogP contribution in [0.2, 0.25) is 0 Å². The number of benzene rings is 1. The van der Waals surface area contributed by atoms with Crippen molar-refractivity contribution >= 4 is 5.57 Å². The van der Waals surface area contributed by atoms with Crippen LogP contribution in [0, 0.1) is 0 Å². The Morgan fingerprint density at radius 1 is 1.18 bits per heavy atom. The standard InChI is InChI=1S/C11H12/c1-9-5-4-7-10-6-2-3-8-11(9)10/h2-3,5-6,8H,4,7H2,1H3. The van der Waals surface area contributed by atoms with Gasteiger partial charge in [-0.2, -0.15) is 0 Å². The zero-order chi connectivity index (χ0) is 7.68. The molecule has 1 aromatic rings. The monoisotopic (exact) mass is 144 g/mol. The number of hydrogen-bond donors (Lipinski definition) is 0. The summed E-state index contributed by atoms with van der Waals surface area (Å²) >= 11 is 0. The van der Waals surface area contributed by atoms with Gasteiger partial charge in [-0.05, 0) is 36.5 Å². The first-order valence-corrected chi connectivity index (χ1v) is 4.13. The van der Waals surface area contributed by atoms with Gasteiger partial charge in [0.1, 0.15) is 0 Å². The van der Waals surface area contributed by atoms with Crippen LogP contribution in [0.15, 0.2) is 30.3 Å². The largest absolute Gasteiger partial charge is 0.0807 e. The topological polar surface area (TPSA) is 0 Å². The third-order valence-electron chi connectivity index (χ3n) is 2.31. The van der Waals surface area contributed by atoms with Crippen LogP contribution in [0.3, 0.4) is 0 Å². The summed E-state index contributed by atoms with van der Waals surface area (Å²) in [7, 11) is 0. The van der Waals surface area contributed by atoms with E-state index in [4.69, 9.17) is 0 Å².